The van der Waals surface area contributed by atoms with Gasteiger partial charge in [0.15, 0.2) is 19.7 Å². The number of halogens is 1. The third-order valence-electron chi connectivity index (χ3n) is 13.9. The molecule has 19 heteroatoms. The lowest BCUT2D eigenvalue weighted by Gasteiger charge is -2.30. The maximum Gasteiger partial charge on any atom is 0.227 e. The lowest BCUT2D eigenvalue weighted by Crippen LogP contribution is -2.32. The van der Waals surface area contributed by atoms with Gasteiger partial charge in [-0.05, 0) is 126 Å². The number of hydrogen-bond acceptors (Lipinski definition) is 12. The molecule has 0 radical (unpaired) electrons. The van der Waals surface area contributed by atoms with E-state index in [1.165, 1.54) is 0 Å². The summed E-state index contributed by atoms with van der Waals surface area (Å²) in [4.78, 5) is 36.8. The number of fused-ring (bicyclic) bond motifs is 2. The molecular formula is C49H53ClN8O8S2. The molecule has 4 aliphatic rings. The van der Waals surface area contributed by atoms with Crippen LogP contribution in [-0.2, 0) is 29.3 Å². The Morgan fingerprint density at radius 3 is 1.69 bits per heavy atom. The third kappa shape index (κ3) is 8.52. The first-order valence-corrected chi connectivity index (χ1v) is 27.2. The Labute approximate surface area is 399 Å². The van der Waals surface area contributed by atoms with E-state index in [2.05, 4.69) is 24.8 Å². The second-order valence-corrected chi connectivity index (χ2v) is 23.6. The van der Waals surface area contributed by atoms with Crippen molar-refractivity contribution >= 4 is 70.8 Å². The molecule has 8 heterocycles. The summed E-state index contributed by atoms with van der Waals surface area (Å²) in [6.45, 7) is 9.49. The molecule has 16 nitrogen and oxygen atoms in total. The first-order chi connectivity index (χ1) is 32.4. The van der Waals surface area contributed by atoms with Gasteiger partial charge in [0.25, 0.3) is 0 Å². The SMILES string of the molecule is Cc1ccc(N2C(=O)CC[C@H]2c2nc3cc(-c4c(C)noc4C)ccc3n2C2CCCS(=O)(=O)C2)cc1Cl.Cc1noc(C)c1-c1ccc2c(c1)nc([C@@H]1CCC(=O)N1)n2C1CCCS(=O)(=O)C1. The van der Waals surface area contributed by atoms with E-state index in [-0.39, 0.29) is 59.0 Å². The number of carbonyl (C=O) groups is 2. The van der Waals surface area contributed by atoms with Gasteiger partial charge in [0.1, 0.15) is 23.2 Å². The number of anilines is 1. The predicted molar refractivity (Wildman–Crippen MR) is 259 cm³/mol. The van der Waals surface area contributed by atoms with Crippen molar-refractivity contribution in [2.45, 2.75) is 110 Å². The van der Waals surface area contributed by atoms with E-state index in [0.717, 1.165) is 97.1 Å². The number of sulfone groups is 2. The van der Waals surface area contributed by atoms with Crippen LogP contribution in [0.3, 0.4) is 0 Å². The van der Waals surface area contributed by atoms with Gasteiger partial charge in [0, 0.05) is 46.8 Å². The van der Waals surface area contributed by atoms with Crippen LogP contribution in [0.5, 0.6) is 0 Å². The molecule has 1 N–H and O–H groups in total. The minimum absolute atomic E-state index is 0.00111. The molecule has 356 valence electrons. The van der Waals surface area contributed by atoms with Gasteiger partial charge in [-0.15, -0.1) is 0 Å². The summed E-state index contributed by atoms with van der Waals surface area (Å²) in [6.07, 6.45) is 4.85. The van der Waals surface area contributed by atoms with E-state index < -0.39 is 19.7 Å². The highest BCUT2D eigenvalue weighted by Crippen LogP contribution is 2.43. The van der Waals surface area contributed by atoms with Crippen LogP contribution in [0, 0.1) is 34.6 Å². The van der Waals surface area contributed by atoms with Crippen LogP contribution in [0.1, 0.15) is 116 Å². The van der Waals surface area contributed by atoms with Crippen LogP contribution in [-0.4, -0.2) is 81.1 Å². The molecule has 7 aromatic rings. The van der Waals surface area contributed by atoms with Gasteiger partial charge in [-0.2, -0.15) is 0 Å². The maximum absolute atomic E-state index is 13.2. The Balaban J connectivity index is 0.000000163. The number of hydrogen-bond donors (Lipinski definition) is 1. The minimum atomic E-state index is -3.18. The smallest absolute Gasteiger partial charge is 0.227 e. The molecule has 68 heavy (non-hydrogen) atoms. The predicted octanol–water partition coefficient (Wildman–Crippen LogP) is 8.90. The zero-order chi connectivity index (χ0) is 47.8. The van der Waals surface area contributed by atoms with Crippen LogP contribution in [0.4, 0.5) is 5.69 Å². The molecule has 4 atom stereocenters. The molecule has 4 fully saturated rings. The third-order valence-corrected chi connectivity index (χ3v) is 18.0. The van der Waals surface area contributed by atoms with E-state index in [1.807, 2.05) is 89.2 Å². The zero-order valence-electron chi connectivity index (χ0n) is 38.6. The molecule has 0 bridgehead atoms. The Kier molecular flexibility index (Phi) is 11.9. The van der Waals surface area contributed by atoms with Crippen molar-refractivity contribution in [2.75, 3.05) is 27.9 Å². The number of aryl methyl sites for hydroxylation is 5. The summed E-state index contributed by atoms with van der Waals surface area (Å²) in [5.41, 5.74) is 10.3. The summed E-state index contributed by atoms with van der Waals surface area (Å²) in [6, 6.07) is 16.7. The van der Waals surface area contributed by atoms with Crippen LogP contribution in [0.2, 0.25) is 5.02 Å². The number of carbonyl (C=O) groups excluding carboxylic acids is 2. The van der Waals surface area contributed by atoms with Crippen LogP contribution >= 0.6 is 11.6 Å². The summed E-state index contributed by atoms with van der Waals surface area (Å²) in [7, 11) is -6.26. The van der Waals surface area contributed by atoms with Gasteiger partial charge in [-0.1, -0.05) is 40.1 Å². The topological polar surface area (TPSA) is 205 Å². The Morgan fingerprint density at radius 2 is 1.21 bits per heavy atom. The number of benzene rings is 3. The highest BCUT2D eigenvalue weighted by molar-refractivity contribution is 7.91. The molecule has 4 saturated heterocycles. The first-order valence-electron chi connectivity index (χ1n) is 23.1. The molecular weight excluding hydrogens is 928 g/mol. The average molecular weight is 982 g/mol. The summed E-state index contributed by atoms with van der Waals surface area (Å²) < 4.78 is 64.9. The summed E-state index contributed by atoms with van der Waals surface area (Å²) >= 11 is 6.44. The molecule has 0 saturated carbocycles. The molecule has 0 spiro atoms. The molecule has 4 aromatic heterocycles. The van der Waals surface area contributed by atoms with Gasteiger partial charge in [0.05, 0.1) is 68.5 Å². The molecule has 2 unspecified atom stereocenters. The monoisotopic (exact) mass is 980 g/mol. The molecule has 4 aliphatic heterocycles. The van der Waals surface area contributed by atoms with E-state index in [0.29, 0.717) is 49.4 Å². The summed E-state index contributed by atoms with van der Waals surface area (Å²) in [5, 5.41) is 11.7. The fourth-order valence-corrected chi connectivity index (χ4v) is 14.3. The van der Waals surface area contributed by atoms with Crippen LogP contribution in [0.25, 0.3) is 44.3 Å². The normalized spacial score (nSPS) is 22.5. The van der Waals surface area contributed by atoms with Gasteiger partial charge in [-0.3, -0.25) is 9.59 Å². The number of amides is 2. The van der Waals surface area contributed by atoms with Crippen molar-refractivity contribution in [3.63, 3.8) is 0 Å². The van der Waals surface area contributed by atoms with Crippen molar-refractivity contribution in [3.05, 3.63) is 99.7 Å². The van der Waals surface area contributed by atoms with Crippen LogP contribution < -0.4 is 10.2 Å². The second-order valence-electron chi connectivity index (χ2n) is 18.7. The number of nitrogens with one attached hydrogen (secondary N) is 1. The van der Waals surface area contributed by atoms with Crippen molar-refractivity contribution in [2.24, 2.45) is 0 Å². The van der Waals surface area contributed by atoms with E-state index in [1.54, 1.807) is 4.90 Å². The van der Waals surface area contributed by atoms with Crippen molar-refractivity contribution in [3.8, 4) is 22.3 Å². The minimum Gasteiger partial charge on any atom is -0.361 e. The van der Waals surface area contributed by atoms with Crippen LogP contribution in [0.15, 0.2) is 63.6 Å². The number of aromatic nitrogens is 6. The lowest BCUT2D eigenvalue weighted by molar-refractivity contribution is -0.119. The Hall–Kier alpha value is -5.85. The van der Waals surface area contributed by atoms with Gasteiger partial charge < -0.3 is 28.4 Å². The van der Waals surface area contributed by atoms with E-state index in [4.69, 9.17) is 30.6 Å². The fraction of sp³-hybridized carbons (Fsp3) is 0.429. The van der Waals surface area contributed by atoms with E-state index in [9.17, 15) is 26.4 Å². The molecule has 3 aromatic carbocycles. The van der Waals surface area contributed by atoms with Gasteiger partial charge in [0.2, 0.25) is 11.8 Å². The number of imidazole rings is 2. The van der Waals surface area contributed by atoms with Crippen molar-refractivity contribution in [1.82, 2.24) is 34.7 Å². The Morgan fingerprint density at radius 1 is 0.662 bits per heavy atom. The average Bonchev–Trinajstić information content (AvgIpc) is 4.16. The molecule has 0 aliphatic carbocycles. The Bertz CT molecular complexity index is 3350. The maximum atomic E-state index is 13.2. The quantitative estimate of drug-likeness (QED) is 0.159. The number of nitrogens with zero attached hydrogens (tertiary/aromatic N) is 7. The summed E-state index contributed by atoms with van der Waals surface area (Å²) in [5.74, 6) is 3.55. The lowest BCUT2D eigenvalue weighted by atomic mass is 10.0. The van der Waals surface area contributed by atoms with Gasteiger partial charge in [-0.25, -0.2) is 26.8 Å². The van der Waals surface area contributed by atoms with Crippen molar-refractivity contribution < 1.29 is 35.5 Å². The van der Waals surface area contributed by atoms with Crippen molar-refractivity contribution in [1.29, 1.82) is 0 Å². The molecule has 2 amide bonds. The second kappa shape index (κ2) is 17.6. The number of rotatable bonds is 7. The molecule has 11 rings (SSSR count). The van der Waals surface area contributed by atoms with Gasteiger partial charge >= 0.3 is 0 Å². The zero-order valence-corrected chi connectivity index (χ0v) is 41.0. The first kappa shape index (κ1) is 45.9. The standard InChI is InChI=1S/C28H29ClN4O4S.C21H24N4O4S/c1-16-6-8-20(14-22(16)29)32-25(10-11-26(32)34)28-30-23-13-19(27-17(2)31-37-18(27)3)7-9-24(23)33(28)21-5-4-12-38(35,36)15-21;1-12-20(13(2)29-24-12)14-5-7-18-17(10-14)23-21(16-6-8-19(26)22-16)25(18)15-4-3-9-30(27,28)11-15/h6-9,13-14,21,25H,4-5,10-12,15H2,1-3H3;5,7,10,15-16H,3-4,6,8-9,11H2,1-2H3,(H,22,26)/t21?,25-;15?,16-/m00/s1. The van der Waals surface area contributed by atoms with E-state index >= 15 is 0 Å². The highest BCUT2D eigenvalue weighted by atomic mass is 35.5. The highest BCUT2D eigenvalue weighted by Gasteiger charge is 2.40. The largest absolute Gasteiger partial charge is 0.361 e. The fourth-order valence-electron chi connectivity index (χ4n) is 10.8.